The molecule has 104 valence electrons. The summed E-state index contributed by atoms with van der Waals surface area (Å²) in [6, 6.07) is 0.941. The molecule has 0 aromatic carbocycles. The van der Waals surface area contributed by atoms with E-state index in [1.54, 1.807) is 6.07 Å². The molecule has 1 saturated heterocycles. The molecule has 6 heteroatoms. The molecule has 0 spiro atoms. The van der Waals surface area contributed by atoms with Crippen LogP contribution in [0.25, 0.3) is 0 Å². The van der Waals surface area contributed by atoms with Crippen molar-refractivity contribution in [3.05, 3.63) is 23.7 Å². The van der Waals surface area contributed by atoms with E-state index < -0.39 is 12.0 Å². The first kappa shape index (κ1) is 13.6. The molecule has 1 atom stereocenters. The van der Waals surface area contributed by atoms with E-state index in [1.807, 2.05) is 6.92 Å². The Morgan fingerprint density at radius 1 is 1.53 bits per heavy atom. The summed E-state index contributed by atoms with van der Waals surface area (Å²) in [5, 5.41) is 0. The predicted octanol–water partition coefficient (Wildman–Crippen LogP) is 0.856. The maximum Gasteiger partial charge on any atom is 0.331 e. The van der Waals surface area contributed by atoms with Crippen molar-refractivity contribution < 1.29 is 23.5 Å². The maximum absolute atomic E-state index is 12.5. The quantitative estimate of drug-likeness (QED) is 0.760. The third-order valence-electron chi connectivity index (χ3n) is 3.16. The zero-order chi connectivity index (χ0) is 13.8. The van der Waals surface area contributed by atoms with Crippen molar-refractivity contribution in [1.29, 1.82) is 0 Å². The molecule has 0 saturated carbocycles. The van der Waals surface area contributed by atoms with Gasteiger partial charge in [-0.05, 0) is 6.07 Å². The highest BCUT2D eigenvalue weighted by Crippen LogP contribution is 2.18. The number of methoxy groups -OCH3 is 1. The van der Waals surface area contributed by atoms with Gasteiger partial charge >= 0.3 is 5.97 Å². The van der Waals surface area contributed by atoms with Gasteiger partial charge in [0.2, 0.25) is 0 Å². The summed E-state index contributed by atoms with van der Waals surface area (Å²) in [6.07, 6.45) is 2.11. The summed E-state index contributed by atoms with van der Waals surface area (Å²) in [5.41, 5.74) is 0.498. The maximum atomic E-state index is 12.5. The fourth-order valence-electron chi connectivity index (χ4n) is 2.14. The van der Waals surface area contributed by atoms with E-state index in [9.17, 15) is 9.59 Å². The largest absolute Gasteiger partial charge is 0.469 e. The second-order valence-corrected chi connectivity index (χ2v) is 4.22. The highest BCUT2D eigenvalue weighted by Gasteiger charge is 2.35. The number of nitrogens with zero attached hydrogens (tertiary/aromatic N) is 1. The number of carbonyl (C=O) groups is 2. The average Bonchev–Trinajstić information content (AvgIpc) is 2.94. The van der Waals surface area contributed by atoms with Crippen LogP contribution in [-0.4, -0.2) is 49.7 Å². The van der Waals surface area contributed by atoms with Gasteiger partial charge in [0.05, 0.1) is 32.2 Å². The first-order chi connectivity index (χ1) is 9.19. The molecule has 0 N–H and O–H groups in total. The summed E-state index contributed by atoms with van der Waals surface area (Å²) in [4.78, 5) is 25.6. The predicted molar refractivity (Wildman–Crippen MR) is 65.7 cm³/mol. The number of rotatable bonds is 3. The van der Waals surface area contributed by atoms with E-state index >= 15 is 0 Å². The second-order valence-electron chi connectivity index (χ2n) is 4.22. The highest BCUT2D eigenvalue weighted by atomic mass is 16.5. The van der Waals surface area contributed by atoms with Crippen LogP contribution in [0.15, 0.2) is 16.7 Å². The molecular formula is C13H17NO5. The molecule has 0 radical (unpaired) electrons. The van der Waals surface area contributed by atoms with Crippen molar-refractivity contribution in [3.63, 3.8) is 0 Å². The molecule has 1 aromatic heterocycles. The van der Waals surface area contributed by atoms with Crippen LogP contribution in [0.4, 0.5) is 0 Å². The van der Waals surface area contributed by atoms with E-state index in [2.05, 4.69) is 0 Å². The molecule has 19 heavy (non-hydrogen) atoms. The number of hydrogen-bond donors (Lipinski definition) is 0. The first-order valence-electron chi connectivity index (χ1n) is 6.22. The molecule has 1 unspecified atom stereocenters. The lowest BCUT2D eigenvalue weighted by Crippen LogP contribution is -2.53. The van der Waals surface area contributed by atoms with Gasteiger partial charge in [0.1, 0.15) is 5.76 Å². The van der Waals surface area contributed by atoms with Crippen molar-refractivity contribution in [3.8, 4) is 0 Å². The van der Waals surface area contributed by atoms with Crippen LogP contribution in [0.3, 0.4) is 0 Å². The summed E-state index contributed by atoms with van der Waals surface area (Å²) in [6.45, 7) is 2.86. The van der Waals surface area contributed by atoms with E-state index in [0.29, 0.717) is 30.9 Å². The third kappa shape index (κ3) is 2.63. The molecule has 2 rings (SSSR count). The highest BCUT2D eigenvalue weighted by molar-refractivity contribution is 5.97. The Kier molecular flexibility index (Phi) is 4.21. The Labute approximate surface area is 111 Å². The number of aryl methyl sites for hydroxylation is 1. The van der Waals surface area contributed by atoms with Gasteiger partial charge in [-0.15, -0.1) is 0 Å². The van der Waals surface area contributed by atoms with Crippen molar-refractivity contribution >= 4 is 11.9 Å². The first-order valence-corrected chi connectivity index (χ1v) is 6.22. The topological polar surface area (TPSA) is 69.0 Å². The Balaban J connectivity index is 2.22. The van der Waals surface area contributed by atoms with Gasteiger partial charge in [-0.3, -0.25) is 4.79 Å². The van der Waals surface area contributed by atoms with Gasteiger partial charge in [-0.1, -0.05) is 6.92 Å². The Hall–Kier alpha value is -1.82. The van der Waals surface area contributed by atoms with Crippen LogP contribution in [0, 0.1) is 0 Å². The molecule has 1 aliphatic rings. The SMILES string of the molecule is CCc1occc1C(=O)N1CCOCC1C(=O)OC. The lowest BCUT2D eigenvalue weighted by Gasteiger charge is -2.33. The molecule has 6 nitrogen and oxygen atoms in total. The van der Waals surface area contributed by atoms with Gasteiger partial charge in [0.25, 0.3) is 5.91 Å². The lowest BCUT2D eigenvalue weighted by molar-refractivity contribution is -0.151. The van der Waals surface area contributed by atoms with E-state index in [1.165, 1.54) is 18.3 Å². The summed E-state index contributed by atoms with van der Waals surface area (Å²) in [5.74, 6) is -0.0565. The standard InChI is InChI=1S/C13H17NO5/c1-3-11-9(4-6-19-11)12(15)14-5-7-18-8-10(14)13(16)17-2/h4,6,10H,3,5,7-8H2,1-2H3. The van der Waals surface area contributed by atoms with Crippen LogP contribution in [-0.2, 0) is 20.7 Å². The normalized spacial score (nSPS) is 19.3. The molecule has 0 aliphatic carbocycles. The molecule has 1 fully saturated rings. The average molecular weight is 267 g/mol. The third-order valence-corrected chi connectivity index (χ3v) is 3.16. The number of hydrogen-bond acceptors (Lipinski definition) is 5. The van der Waals surface area contributed by atoms with E-state index in [4.69, 9.17) is 13.9 Å². The molecule has 0 bridgehead atoms. The fraction of sp³-hybridized carbons (Fsp3) is 0.538. The molecular weight excluding hydrogens is 250 g/mol. The zero-order valence-corrected chi connectivity index (χ0v) is 11.0. The lowest BCUT2D eigenvalue weighted by atomic mass is 10.1. The minimum absolute atomic E-state index is 0.164. The second kappa shape index (κ2) is 5.88. The van der Waals surface area contributed by atoms with Gasteiger partial charge < -0.3 is 18.8 Å². The zero-order valence-electron chi connectivity index (χ0n) is 11.0. The van der Waals surface area contributed by atoms with Crippen LogP contribution >= 0.6 is 0 Å². The summed E-state index contributed by atoms with van der Waals surface area (Å²) >= 11 is 0. The number of furan rings is 1. The summed E-state index contributed by atoms with van der Waals surface area (Å²) < 4.78 is 15.2. The van der Waals surface area contributed by atoms with Crippen LogP contribution in [0.2, 0.25) is 0 Å². The summed E-state index contributed by atoms with van der Waals surface area (Å²) in [7, 11) is 1.30. The van der Waals surface area contributed by atoms with Gasteiger partial charge in [-0.2, -0.15) is 0 Å². The van der Waals surface area contributed by atoms with Gasteiger partial charge in [0, 0.05) is 13.0 Å². The van der Waals surface area contributed by atoms with Crippen LogP contribution in [0.5, 0.6) is 0 Å². The number of esters is 1. The minimum Gasteiger partial charge on any atom is -0.469 e. The number of ether oxygens (including phenoxy) is 2. The van der Waals surface area contributed by atoms with E-state index in [-0.39, 0.29) is 12.5 Å². The smallest absolute Gasteiger partial charge is 0.331 e. The number of amides is 1. The molecule has 1 amide bonds. The van der Waals surface area contributed by atoms with Crippen molar-refractivity contribution in [2.24, 2.45) is 0 Å². The van der Waals surface area contributed by atoms with Gasteiger partial charge in [0.15, 0.2) is 6.04 Å². The van der Waals surface area contributed by atoms with Crippen LogP contribution in [0.1, 0.15) is 23.0 Å². The Morgan fingerprint density at radius 3 is 3.00 bits per heavy atom. The molecule has 1 aromatic rings. The van der Waals surface area contributed by atoms with E-state index in [0.717, 1.165) is 0 Å². The van der Waals surface area contributed by atoms with Crippen LogP contribution < -0.4 is 0 Å². The fourth-order valence-corrected chi connectivity index (χ4v) is 2.14. The minimum atomic E-state index is -0.689. The molecule has 2 heterocycles. The monoisotopic (exact) mass is 267 g/mol. The number of morpholine rings is 1. The van der Waals surface area contributed by atoms with Crippen molar-refractivity contribution in [2.45, 2.75) is 19.4 Å². The Morgan fingerprint density at radius 2 is 2.32 bits per heavy atom. The number of carbonyl (C=O) groups excluding carboxylic acids is 2. The van der Waals surface area contributed by atoms with Crippen molar-refractivity contribution in [2.75, 3.05) is 26.9 Å². The van der Waals surface area contributed by atoms with Gasteiger partial charge in [-0.25, -0.2) is 4.79 Å². The Bertz CT molecular complexity index is 467. The van der Waals surface area contributed by atoms with Crippen molar-refractivity contribution in [1.82, 2.24) is 4.90 Å². The molecule has 1 aliphatic heterocycles.